The number of primary amides is 1. The van der Waals surface area contributed by atoms with Crippen molar-refractivity contribution in [3.63, 3.8) is 0 Å². The van der Waals surface area contributed by atoms with E-state index in [9.17, 15) is 4.79 Å². The predicted molar refractivity (Wildman–Crippen MR) is 87.6 cm³/mol. The Balaban J connectivity index is 1.97. The third kappa shape index (κ3) is 2.86. The molecule has 0 saturated carbocycles. The summed E-state index contributed by atoms with van der Waals surface area (Å²) in [5.74, 6) is 1.17. The van der Waals surface area contributed by atoms with E-state index in [0.29, 0.717) is 23.0 Å². The van der Waals surface area contributed by atoms with E-state index in [2.05, 4.69) is 23.7 Å². The Kier molecular flexibility index (Phi) is 4.16. The third-order valence-electron chi connectivity index (χ3n) is 4.33. The van der Waals surface area contributed by atoms with Gasteiger partial charge in [-0.1, -0.05) is 26.3 Å². The fourth-order valence-electron chi connectivity index (χ4n) is 3.40. The lowest BCUT2D eigenvalue weighted by Crippen LogP contribution is -2.36. The van der Waals surface area contributed by atoms with E-state index in [4.69, 9.17) is 10.7 Å². The average molecular weight is 300 g/mol. The Morgan fingerprint density at radius 2 is 2.27 bits per heavy atom. The Labute approximate surface area is 130 Å². The molecule has 0 spiro atoms. The number of nitrogens with zero attached hydrogens (tertiary/aromatic N) is 2. The van der Waals surface area contributed by atoms with Gasteiger partial charge in [0.1, 0.15) is 11.3 Å². The number of carbonyl (C=O) groups is 1. The molecule has 0 aliphatic carbocycles. The van der Waals surface area contributed by atoms with Crippen LogP contribution < -0.4 is 5.73 Å². The number of rotatable bonds is 4. The van der Waals surface area contributed by atoms with Gasteiger partial charge in [0.05, 0.1) is 17.1 Å². The summed E-state index contributed by atoms with van der Waals surface area (Å²) in [5.41, 5.74) is 7.53. The Morgan fingerprint density at radius 1 is 1.45 bits per heavy atom. The number of H-pyrrole nitrogens is 1. The van der Waals surface area contributed by atoms with Crippen LogP contribution in [0.2, 0.25) is 0 Å². The van der Waals surface area contributed by atoms with Gasteiger partial charge < -0.3 is 10.7 Å². The molecule has 1 aromatic heterocycles. The van der Waals surface area contributed by atoms with Crippen molar-refractivity contribution in [3.05, 3.63) is 29.6 Å². The summed E-state index contributed by atoms with van der Waals surface area (Å²) in [4.78, 5) is 22.2. The molecule has 1 atom stereocenters. The van der Waals surface area contributed by atoms with Crippen molar-refractivity contribution in [2.24, 2.45) is 11.7 Å². The minimum Gasteiger partial charge on any atom is -0.366 e. The number of fused-ring (bicyclic) bond motifs is 1. The number of nitrogens with one attached hydrogen (secondary N) is 1. The van der Waals surface area contributed by atoms with E-state index in [1.54, 1.807) is 6.07 Å². The van der Waals surface area contributed by atoms with E-state index >= 15 is 0 Å². The van der Waals surface area contributed by atoms with E-state index in [1.165, 1.54) is 12.8 Å². The first-order chi connectivity index (χ1) is 10.6. The molecule has 1 fully saturated rings. The molecule has 1 saturated heterocycles. The lowest BCUT2D eigenvalue weighted by molar-refractivity contribution is 0.100. The Morgan fingerprint density at radius 3 is 3.00 bits per heavy atom. The second kappa shape index (κ2) is 6.08. The van der Waals surface area contributed by atoms with Crippen molar-refractivity contribution >= 4 is 16.9 Å². The SMILES string of the molecule is CC(C)CN1CCCCC1c1nc2c(C(N)=O)cccc2[nH]1. The molecule has 22 heavy (non-hydrogen) atoms. The molecule has 3 N–H and O–H groups in total. The van der Waals surface area contributed by atoms with Crippen LogP contribution in [0.1, 0.15) is 55.3 Å². The fraction of sp³-hybridized carbons (Fsp3) is 0.529. The third-order valence-corrected chi connectivity index (χ3v) is 4.33. The maximum atomic E-state index is 11.6. The highest BCUT2D eigenvalue weighted by Gasteiger charge is 2.27. The summed E-state index contributed by atoms with van der Waals surface area (Å²) >= 11 is 0. The highest BCUT2D eigenvalue weighted by atomic mass is 16.1. The van der Waals surface area contributed by atoms with Crippen LogP contribution in [0.15, 0.2) is 18.2 Å². The number of likely N-dealkylation sites (tertiary alicyclic amines) is 1. The second-order valence-electron chi connectivity index (χ2n) is 6.59. The van der Waals surface area contributed by atoms with Gasteiger partial charge in [0.15, 0.2) is 0 Å². The van der Waals surface area contributed by atoms with Gasteiger partial charge in [-0.25, -0.2) is 4.98 Å². The van der Waals surface area contributed by atoms with Gasteiger partial charge in [-0.15, -0.1) is 0 Å². The van der Waals surface area contributed by atoms with Gasteiger partial charge in [0.2, 0.25) is 0 Å². The molecule has 1 unspecified atom stereocenters. The zero-order valence-corrected chi connectivity index (χ0v) is 13.3. The van der Waals surface area contributed by atoms with Crippen molar-refractivity contribution in [2.75, 3.05) is 13.1 Å². The summed E-state index contributed by atoms with van der Waals surface area (Å²) in [6, 6.07) is 5.84. The van der Waals surface area contributed by atoms with Crippen molar-refractivity contribution < 1.29 is 4.79 Å². The van der Waals surface area contributed by atoms with Crippen molar-refractivity contribution in [2.45, 2.75) is 39.2 Å². The van der Waals surface area contributed by atoms with Crippen molar-refractivity contribution in [1.82, 2.24) is 14.9 Å². The van der Waals surface area contributed by atoms with E-state index in [0.717, 1.165) is 30.9 Å². The number of amides is 1. The highest BCUT2D eigenvalue weighted by molar-refractivity contribution is 6.04. The first-order valence-electron chi connectivity index (χ1n) is 8.08. The summed E-state index contributed by atoms with van der Waals surface area (Å²) < 4.78 is 0. The minimum absolute atomic E-state index is 0.310. The van der Waals surface area contributed by atoms with Gasteiger partial charge >= 0.3 is 0 Å². The molecule has 5 heteroatoms. The standard InChI is InChI=1S/C17H24N4O/c1-11(2)10-21-9-4-3-8-14(21)17-19-13-7-5-6-12(16(18)22)15(13)20-17/h5-7,11,14H,3-4,8-10H2,1-2H3,(H2,18,22)(H,19,20). The van der Waals surface area contributed by atoms with Crippen LogP contribution in [0.25, 0.3) is 11.0 Å². The molecule has 2 heterocycles. The summed E-state index contributed by atoms with van der Waals surface area (Å²) in [6.07, 6.45) is 3.58. The quantitative estimate of drug-likeness (QED) is 0.911. The maximum Gasteiger partial charge on any atom is 0.250 e. The number of imidazole rings is 1. The van der Waals surface area contributed by atoms with Crippen LogP contribution in [0, 0.1) is 5.92 Å². The van der Waals surface area contributed by atoms with E-state index in [1.807, 2.05) is 12.1 Å². The molecule has 118 valence electrons. The molecular formula is C17H24N4O. The zero-order chi connectivity index (χ0) is 15.7. The van der Waals surface area contributed by atoms with Gasteiger partial charge in [0.25, 0.3) is 5.91 Å². The average Bonchev–Trinajstić information content (AvgIpc) is 2.90. The van der Waals surface area contributed by atoms with Gasteiger partial charge in [-0.05, 0) is 37.4 Å². The van der Waals surface area contributed by atoms with Crippen LogP contribution >= 0.6 is 0 Å². The topological polar surface area (TPSA) is 75.0 Å². The lowest BCUT2D eigenvalue weighted by Gasteiger charge is -2.35. The smallest absolute Gasteiger partial charge is 0.250 e. The number of aromatic amines is 1. The molecule has 0 bridgehead atoms. The number of hydrogen-bond donors (Lipinski definition) is 2. The molecule has 1 amide bonds. The van der Waals surface area contributed by atoms with Crippen LogP contribution in [0.5, 0.6) is 0 Å². The van der Waals surface area contributed by atoms with Crippen LogP contribution in [0.3, 0.4) is 0 Å². The summed E-state index contributed by atoms with van der Waals surface area (Å²) in [7, 11) is 0. The largest absolute Gasteiger partial charge is 0.366 e. The van der Waals surface area contributed by atoms with E-state index in [-0.39, 0.29) is 0 Å². The first kappa shape index (κ1) is 15.0. The Bertz CT molecular complexity index is 676. The first-order valence-corrected chi connectivity index (χ1v) is 8.08. The second-order valence-corrected chi connectivity index (χ2v) is 6.59. The van der Waals surface area contributed by atoms with Crippen molar-refractivity contribution in [1.29, 1.82) is 0 Å². The molecule has 5 nitrogen and oxygen atoms in total. The molecule has 1 aromatic carbocycles. The number of aromatic nitrogens is 2. The number of nitrogens with two attached hydrogens (primary N) is 1. The molecule has 3 rings (SSSR count). The molecular weight excluding hydrogens is 276 g/mol. The van der Waals surface area contributed by atoms with Crippen LogP contribution in [-0.2, 0) is 0 Å². The molecule has 1 aliphatic rings. The van der Waals surface area contributed by atoms with Crippen LogP contribution in [0.4, 0.5) is 0 Å². The van der Waals surface area contributed by atoms with Gasteiger partial charge in [-0.3, -0.25) is 9.69 Å². The van der Waals surface area contributed by atoms with Crippen LogP contribution in [-0.4, -0.2) is 33.9 Å². The summed E-state index contributed by atoms with van der Waals surface area (Å²) in [5, 5.41) is 0. The number of benzene rings is 1. The lowest BCUT2D eigenvalue weighted by atomic mass is 10.00. The van der Waals surface area contributed by atoms with Gasteiger partial charge in [0, 0.05) is 6.54 Å². The predicted octanol–water partition coefficient (Wildman–Crippen LogP) is 2.84. The zero-order valence-electron chi connectivity index (χ0n) is 13.3. The molecule has 0 radical (unpaired) electrons. The molecule has 1 aliphatic heterocycles. The minimum atomic E-state index is -0.425. The number of carbonyl (C=O) groups excluding carboxylic acids is 1. The summed E-state index contributed by atoms with van der Waals surface area (Å²) in [6.45, 7) is 6.68. The molecule has 2 aromatic rings. The number of para-hydroxylation sites is 1. The maximum absolute atomic E-state index is 11.6. The fourth-order valence-corrected chi connectivity index (χ4v) is 3.40. The van der Waals surface area contributed by atoms with E-state index < -0.39 is 5.91 Å². The monoisotopic (exact) mass is 300 g/mol. The normalized spacial score (nSPS) is 19.9. The van der Waals surface area contributed by atoms with Crippen molar-refractivity contribution in [3.8, 4) is 0 Å². The number of piperidine rings is 1. The van der Waals surface area contributed by atoms with Gasteiger partial charge in [-0.2, -0.15) is 0 Å². The number of hydrogen-bond acceptors (Lipinski definition) is 3. The Hall–Kier alpha value is -1.88. The highest BCUT2D eigenvalue weighted by Crippen LogP contribution is 2.31.